The molecule has 7 nitrogen and oxygen atoms in total. The Hall–Kier alpha value is -2.45. The molecule has 0 saturated heterocycles. The van der Waals surface area contributed by atoms with E-state index >= 15 is 0 Å². The molecular formula is C16H16N2O5S. The van der Waals surface area contributed by atoms with Gasteiger partial charge < -0.3 is 4.74 Å². The summed E-state index contributed by atoms with van der Waals surface area (Å²) in [5.74, 6) is 0.839. The van der Waals surface area contributed by atoms with Gasteiger partial charge in [-0.15, -0.1) is 0 Å². The van der Waals surface area contributed by atoms with Gasteiger partial charge in [-0.3, -0.25) is 10.1 Å². The van der Waals surface area contributed by atoms with E-state index in [1.54, 1.807) is 6.07 Å². The number of nitrogens with zero attached hydrogens (tertiary/aromatic N) is 1. The Morgan fingerprint density at radius 2 is 2.04 bits per heavy atom. The first kappa shape index (κ1) is 16.4. The molecule has 8 heteroatoms. The van der Waals surface area contributed by atoms with E-state index < -0.39 is 14.9 Å². The Morgan fingerprint density at radius 1 is 1.21 bits per heavy atom. The molecule has 2 aromatic rings. The molecule has 0 bridgehead atoms. The highest BCUT2D eigenvalue weighted by molar-refractivity contribution is 7.89. The summed E-state index contributed by atoms with van der Waals surface area (Å²) in [5, 5.41) is 10.8. The van der Waals surface area contributed by atoms with Gasteiger partial charge in [0.25, 0.3) is 5.69 Å². The first-order valence-electron chi connectivity index (χ1n) is 7.44. The van der Waals surface area contributed by atoms with Gasteiger partial charge in [-0.1, -0.05) is 18.2 Å². The lowest BCUT2D eigenvalue weighted by Gasteiger charge is -2.18. The number of benzene rings is 2. The minimum absolute atomic E-state index is 0.109. The maximum Gasteiger partial charge on any atom is 0.270 e. The molecule has 0 fully saturated rings. The number of non-ortho nitro benzene ring substituents is 1. The van der Waals surface area contributed by atoms with Crippen molar-refractivity contribution in [3.05, 3.63) is 63.7 Å². The molecule has 0 aromatic heterocycles. The number of nitro groups is 1. The van der Waals surface area contributed by atoms with Gasteiger partial charge in [0.05, 0.1) is 16.4 Å². The van der Waals surface area contributed by atoms with Crippen LogP contribution in [0, 0.1) is 10.1 Å². The molecule has 3 rings (SSSR count). The Morgan fingerprint density at radius 3 is 2.83 bits per heavy atom. The van der Waals surface area contributed by atoms with Crippen molar-refractivity contribution >= 4 is 15.7 Å². The molecule has 1 aliphatic heterocycles. The van der Waals surface area contributed by atoms with Gasteiger partial charge in [-0.2, -0.15) is 0 Å². The van der Waals surface area contributed by atoms with Crippen molar-refractivity contribution in [2.45, 2.75) is 24.3 Å². The van der Waals surface area contributed by atoms with Crippen LogP contribution in [0.4, 0.5) is 5.69 Å². The van der Waals surface area contributed by atoms with Crippen LogP contribution in [0.15, 0.2) is 47.4 Å². The lowest BCUT2D eigenvalue weighted by atomic mass is 10.0. The first-order chi connectivity index (χ1) is 11.5. The fraction of sp³-hybridized carbons (Fsp3) is 0.250. The van der Waals surface area contributed by atoms with Crippen LogP contribution in [0.5, 0.6) is 5.75 Å². The number of rotatable bonds is 5. The molecule has 0 radical (unpaired) electrons. The van der Waals surface area contributed by atoms with Crippen LogP contribution in [-0.4, -0.2) is 19.9 Å². The number of fused-ring (bicyclic) bond motifs is 1. The highest BCUT2D eigenvalue weighted by Crippen LogP contribution is 2.25. The maximum absolute atomic E-state index is 12.3. The van der Waals surface area contributed by atoms with Crippen LogP contribution < -0.4 is 9.46 Å². The number of hydrogen-bond donors (Lipinski definition) is 1. The van der Waals surface area contributed by atoms with Gasteiger partial charge in [0.15, 0.2) is 0 Å². The second-order valence-electron chi connectivity index (χ2n) is 5.47. The van der Waals surface area contributed by atoms with Crippen molar-refractivity contribution < 1.29 is 18.1 Å². The van der Waals surface area contributed by atoms with E-state index in [4.69, 9.17) is 4.74 Å². The summed E-state index contributed by atoms with van der Waals surface area (Å²) in [6.45, 7) is 0.810. The summed E-state index contributed by atoms with van der Waals surface area (Å²) >= 11 is 0. The van der Waals surface area contributed by atoms with Crippen LogP contribution in [0.25, 0.3) is 0 Å². The van der Waals surface area contributed by atoms with E-state index in [9.17, 15) is 18.5 Å². The molecule has 24 heavy (non-hydrogen) atoms. The van der Waals surface area contributed by atoms with Gasteiger partial charge in [0.1, 0.15) is 5.75 Å². The molecule has 0 aliphatic carbocycles. The molecular weight excluding hydrogens is 332 g/mol. The summed E-state index contributed by atoms with van der Waals surface area (Å²) in [5.41, 5.74) is 1.62. The average Bonchev–Trinajstić information content (AvgIpc) is 2.60. The van der Waals surface area contributed by atoms with Gasteiger partial charge in [0, 0.05) is 18.7 Å². The van der Waals surface area contributed by atoms with E-state index in [-0.39, 0.29) is 17.1 Å². The van der Waals surface area contributed by atoms with Crippen molar-refractivity contribution in [1.82, 2.24) is 4.72 Å². The zero-order chi connectivity index (χ0) is 17.2. The molecule has 0 saturated carbocycles. The molecule has 0 atom stereocenters. The van der Waals surface area contributed by atoms with Crippen molar-refractivity contribution in [3.8, 4) is 5.75 Å². The van der Waals surface area contributed by atoms with Crippen molar-refractivity contribution in [2.75, 3.05) is 6.61 Å². The molecule has 1 heterocycles. The van der Waals surface area contributed by atoms with E-state index in [1.165, 1.54) is 18.2 Å². The number of nitro benzene ring substituents is 1. The summed E-state index contributed by atoms with van der Waals surface area (Å²) in [4.78, 5) is 10.0. The summed E-state index contributed by atoms with van der Waals surface area (Å²) in [7, 11) is -3.82. The predicted molar refractivity (Wildman–Crippen MR) is 87.4 cm³/mol. The SMILES string of the molecule is O=[N+]([O-])c1cccc(S(=O)(=O)NCc2ccc3c(c2)CCCO3)c1. The Balaban J connectivity index is 1.76. The van der Waals surface area contributed by atoms with Crippen LogP contribution in [0.2, 0.25) is 0 Å². The van der Waals surface area contributed by atoms with E-state index in [0.717, 1.165) is 35.8 Å². The number of nitrogens with one attached hydrogen (secondary N) is 1. The molecule has 126 valence electrons. The van der Waals surface area contributed by atoms with Crippen molar-refractivity contribution in [1.29, 1.82) is 0 Å². The topological polar surface area (TPSA) is 98.5 Å². The Bertz CT molecular complexity index is 880. The zero-order valence-electron chi connectivity index (χ0n) is 12.8. The van der Waals surface area contributed by atoms with Crippen LogP contribution in [0.3, 0.4) is 0 Å². The maximum atomic E-state index is 12.3. The lowest BCUT2D eigenvalue weighted by molar-refractivity contribution is -0.385. The largest absolute Gasteiger partial charge is 0.493 e. The van der Waals surface area contributed by atoms with Crippen LogP contribution in [0.1, 0.15) is 17.5 Å². The number of aryl methyl sites for hydroxylation is 1. The summed E-state index contributed by atoms with van der Waals surface area (Å²) in [6.07, 6.45) is 1.84. The molecule has 0 amide bonds. The molecule has 2 aromatic carbocycles. The second-order valence-corrected chi connectivity index (χ2v) is 7.24. The normalized spacial score (nSPS) is 13.8. The number of hydrogen-bond acceptors (Lipinski definition) is 5. The Labute approximate surface area is 139 Å². The highest BCUT2D eigenvalue weighted by Gasteiger charge is 2.18. The third-order valence-electron chi connectivity index (χ3n) is 3.78. The monoisotopic (exact) mass is 348 g/mol. The zero-order valence-corrected chi connectivity index (χ0v) is 13.6. The summed E-state index contributed by atoms with van der Waals surface area (Å²) in [6, 6.07) is 10.5. The van der Waals surface area contributed by atoms with Gasteiger partial charge in [-0.05, 0) is 36.1 Å². The minimum atomic E-state index is -3.82. The number of sulfonamides is 1. The van der Waals surface area contributed by atoms with E-state index in [0.29, 0.717) is 6.61 Å². The van der Waals surface area contributed by atoms with Crippen LogP contribution in [-0.2, 0) is 23.0 Å². The van der Waals surface area contributed by atoms with E-state index in [2.05, 4.69) is 4.72 Å². The quantitative estimate of drug-likeness (QED) is 0.661. The standard InChI is InChI=1S/C16H16N2O5S/c19-18(20)14-4-1-5-15(10-14)24(21,22)17-11-12-6-7-16-13(9-12)3-2-8-23-16/h1,4-7,9-10,17H,2-3,8,11H2. The molecule has 0 unspecified atom stereocenters. The smallest absolute Gasteiger partial charge is 0.270 e. The molecule has 1 N–H and O–H groups in total. The first-order valence-corrected chi connectivity index (χ1v) is 8.93. The molecule has 1 aliphatic rings. The minimum Gasteiger partial charge on any atom is -0.493 e. The molecule has 0 spiro atoms. The van der Waals surface area contributed by atoms with Crippen molar-refractivity contribution in [3.63, 3.8) is 0 Å². The third kappa shape index (κ3) is 3.55. The van der Waals surface area contributed by atoms with E-state index in [1.807, 2.05) is 12.1 Å². The fourth-order valence-corrected chi connectivity index (χ4v) is 3.61. The Kier molecular flexibility index (Phi) is 4.50. The van der Waals surface area contributed by atoms with Gasteiger partial charge in [-0.25, -0.2) is 13.1 Å². The number of ether oxygens (including phenoxy) is 1. The predicted octanol–water partition coefficient (Wildman–Crippen LogP) is 2.40. The fourth-order valence-electron chi connectivity index (χ4n) is 2.55. The third-order valence-corrected chi connectivity index (χ3v) is 5.18. The summed E-state index contributed by atoms with van der Waals surface area (Å²) < 4.78 is 32.6. The highest BCUT2D eigenvalue weighted by atomic mass is 32.2. The van der Waals surface area contributed by atoms with Crippen LogP contribution >= 0.6 is 0 Å². The average molecular weight is 348 g/mol. The lowest BCUT2D eigenvalue weighted by Crippen LogP contribution is -2.23. The van der Waals surface area contributed by atoms with Gasteiger partial charge >= 0.3 is 0 Å². The van der Waals surface area contributed by atoms with Gasteiger partial charge in [0.2, 0.25) is 10.0 Å². The second kappa shape index (κ2) is 6.58. The van der Waals surface area contributed by atoms with Crippen molar-refractivity contribution in [2.24, 2.45) is 0 Å².